The van der Waals surface area contributed by atoms with E-state index in [1.54, 1.807) is 13.8 Å². The lowest BCUT2D eigenvalue weighted by Crippen LogP contribution is -2.43. The van der Waals surface area contributed by atoms with Gasteiger partial charge in [0.05, 0.1) is 4.92 Å². The number of nitrogens with one attached hydrogen (secondary N) is 1. The number of nitrogens with zero attached hydrogens (tertiary/aromatic N) is 1. The van der Waals surface area contributed by atoms with Gasteiger partial charge in [0, 0.05) is 18.2 Å². The molecule has 0 saturated heterocycles. The van der Waals surface area contributed by atoms with Crippen LogP contribution in [0.1, 0.15) is 19.4 Å². The Hall–Kier alpha value is -2.70. The molecule has 0 aromatic heterocycles. The number of hydrogen-bond acceptors (Lipinski definition) is 4. The third kappa shape index (κ3) is 5.06. The molecule has 0 unspecified atom stereocenters. The fraction of sp³-hybridized carbons (Fsp3) is 0.286. The normalized spacial score (nSPS) is 12.3. The van der Waals surface area contributed by atoms with E-state index in [0.717, 1.165) is 0 Å². The number of carboxylic acid groups (broad SMARTS) is 1. The number of rotatable bonds is 6. The zero-order valence-electron chi connectivity index (χ0n) is 11.6. The van der Waals surface area contributed by atoms with Crippen LogP contribution in [0, 0.1) is 16.0 Å². The first-order valence-electron chi connectivity index (χ1n) is 6.27. The third-order valence-electron chi connectivity index (χ3n) is 2.76. The molecule has 1 amide bonds. The zero-order valence-corrected chi connectivity index (χ0v) is 11.6. The smallest absolute Gasteiger partial charge is 0.326 e. The van der Waals surface area contributed by atoms with Crippen molar-refractivity contribution >= 4 is 23.6 Å². The summed E-state index contributed by atoms with van der Waals surface area (Å²) in [6.07, 6.45) is 2.65. The molecule has 1 aromatic rings. The summed E-state index contributed by atoms with van der Waals surface area (Å²) in [5.74, 6) is -1.87. The van der Waals surface area contributed by atoms with Crippen molar-refractivity contribution in [2.75, 3.05) is 0 Å². The molecule has 0 radical (unpaired) electrons. The van der Waals surface area contributed by atoms with Crippen LogP contribution in [0.5, 0.6) is 0 Å². The molecule has 0 bridgehead atoms. The van der Waals surface area contributed by atoms with Crippen molar-refractivity contribution in [3.05, 3.63) is 46.0 Å². The second-order valence-corrected chi connectivity index (χ2v) is 4.75. The Morgan fingerprint density at radius 3 is 2.29 bits per heavy atom. The van der Waals surface area contributed by atoms with Crippen LogP contribution in [0.25, 0.3) is 6.08 Å². The van der Waals surface area contributed by atoms with Crippen molar-refractivity contribution in [3.63, 3.8) is 0 Å². The van der Waals surface area contributed by atoms with Crippen LogP contribution in [0.3, 0.4) is 0 Å². The summed E-state index contributed by atoms with van der Waals surface area (Å²) in [6.45, 7) is 3.39. The summed E-state index contributed by atoms with van der Waals surface area (Å²) in [6, 6.07) is 4.69. The van der Waals surface area contributed by atoms with E-state index in [2.05, 4.69) is 5.32 Å². The van der Waals surface area contributed by atoms with Gasteiger partial charge in [0.1, 0.15) is 6.04 Å². The van der Waals surface area contributed by atoms with Crippen LogP contribution < -0.4 is 5.32 Å². The maximum absolute atomic E-state index is 11.6. The molecule has 0 aliphatic rings. The highest BCUT2D eigenvalue weighted by Gasteiger charge is 2.22. The average Bonchev–Trinajstić information content (AvgIpc) is 2.42. The van der Waals surface area contributed by atoms with E-state index < -0.39 is 22.8 Å². The lowest BCUT2D eigenvalue weighted by molar-refractivity contribution is -0.384. The minimum atomic E-state index is -1.10. The van der Waals surface area contributed by atoms with E-state index in [4.69, 9.17) is 5.11 Å². The largest absolute Gasteiger partial charge is 0.480 e. The molecule has 2 N–H and O–H groups in total. The predicted octanol–water partition coefficient (Wildman–Crippen LogP) is 1.83. The van der Waals surface area contributed by atoms with Gasteiger partial charge in [-0.25, -0.2) is 4.79 Å². The van der Waals surface area contributed by atoms with Crippen molar-refractivity contribution in [3.8, 4) is 0 Å². The molecule has 21 heavy (non-hydrogen) atoms. The Morgan fingerprint density at radius 2 is 1.86 bits per heavy atom. The maximum atomic E-state index is 11.6. The molecule has 0 spiro atoms. The number of non-ortho nitro benzene ring substituents is 1. The molecule has 0 aliphatic heterocycles. The molecule has 1 atom stereocenters. The van der Waals surface area contributed by atoms with E-state index in [1.807, 2.05) is 0 Å². The third-order valence-corrected chi connectivity index (χ3v) is 2.76. The summed E-state index contributed by atoms with van der Waals surface area (Å²) >= 11 is 0. The van der Waals surface area contributed by atoms with Gasteiger partial charge >= 0.3 is 5.97 Å². The Bertz CT molecular complexity index is 563. The molecular weight excluding hydrogens is 276 g/mol. The Morgan fingerprint density at radius 1 is 1.29 bits per heavy atom. The molecular formula is C14H16N2O5. The first-order chi connectivity index (χ1) is 9.81. The highest BCUT2D eigenvalue weighted by Crippen LogP contribution is 2.12. The first kappa shape index (κ1) is 16.4. The number of benzene rings is 1. The minimum absolute atomic E-state index is 0.0395. The molecule has 0 heterocycles. The number of aliphatic carboxylic acids is 1. The Balaban J connectivity index is 2.69. The molecule has 112 valence electrons. The number of nitro benzene ring substituents is 1. The Labute approximate surface area is 121 Å². The van der Waals surface area contributed by atoms with Gasteiger partial charge in [-0.1, -0.05) is 13.8 Å². The van der Waals surface area contributed by atoms with Crippen molar-refractivity contribution in [1.82, 2.24) is 5.32 Å². The summed E-state index contributed by atoms with van der Waals surface area (Å²) in [5, 5.41) is 21.8. The van der Waals surface area contributed by atoms with Crippen molar-refractivity contribution < 1.29 is 19.6 Å². The van der Waals surface area contributed by atoms with E-state index in [-0.39, 0.29) is 11.6 Å². The van der Waals surface area contributed by atoms with Gasteiger partial charge in [-0.05, 0) is 29.7 Å². The standard InChI is InChI=1S/C14H16N2O5/c1-9(2)13(14(18)19)15-12(17)8-5-10-3-6-11(7-4-10)16(20)21/h3-9,13H,1-2H3,(H,15,17)(H,18,19)/b8-5+/t13-/m1/s1. The fourth-order valence-electron chi connectivity index (χ4n) is 1.59. The van der Waals surface area contributed by atoms with Crippen LogP contribution in [-0.4, -0.2) is 27.9 Å². The summed E-state index contributed by atoms with van der Waals surface area (Å²) in [4.78, 5) is 32.6. The molecule has 7 nitrogen and oxygen atoms in total. The second-order valence-electron chi connectivity index (χ2n) is 4.75. The number of amides is 1. The van der Waals surface area contributed by atoms with Crippen LogP contribution in [0.2, 0.25) is 0 Å². The number of carbonyl (C=O) groups is 2. The first-order valence-corrected chi connectivity index (χ1v) is 6.27. The lowest BCUT2D eigenvalue weighted by atomic mass is 10.0. The minimum Gasteiger partial charge on any atom is -0.480 e. The quantitative estimate of drug-likeness (QED) is 0.472. The zero-order chi connectivity index (χ0) is 16.0. The van der Waals surface area contributed by atoms with Crippen LogP contribution >= 0.6 is 0 Å². The molecule has 0 aliphatic carbocycles. The van der Waals surface area contributed by atoms with Crippen LogP contribution in [0.15, 0.2) is 30.3 Å². The van der Waals surface area contributed by atoms with E-state index >= 15 is 0 Å². The maximum Gasteiger partial charge on any atom is 0.326 e. The van der Waals surface area contributed by atoms with Gasteiger partial charge in [0.15, 0.2) is 0 Å². The highest BCUT2D eigenvalue weighted by atomic mass is 16.6. The van der Waals surface area contributed by atoms with Gasteiger partial charge in [-0.15, -0.1) is 0 Å². The predicted molar refractivity (Wildman–Crippen MR) is 76.5 cm³/mol. The SMILES string of the molecule is CC(C)[C@@H](NC(=O)/C=C/c1ccc([N+](=O)[O-])cc1)C(=O)O. The molecule has 0 saturated carbocycles. The van der Waals surface area contributed by atoms with Gasteiger partial charge in [-0.2, -0.15) is 0 Å². The van der Waals surface area contributed by atoms with Crippen molar-refractivity contribution in [2.24, 2.45) is 5.92 Å². The highest BCUT2D eigenvalue weighted by molar-refractivity contribution is 5.94. The topological polar surface area (TPSA) is 110 Å². The molecule has 1 rings (SSSR count). The second kappa shape index (κ2) is 7.18. The van der Waals surface area contributed by atoms with Crippen molar-refractivity contribution in [2.45, 2.75) is 19.9 Å². The summed E-state index contributed by atoms with van der Waals surface area (Å²) in [5.41, 5.74) is 0.564. The van der Waals surface area contributed by atoms with E-state index in [9.17, 15) is 19.7 Å². The van der Waals surface area contributed by atoms with Gasteiger partial charge in [0.2, 0.25) is 5.91 Å². The molecule has 7 heteroatoms. The fourth-order valence-corrected chi connectivity index (χ4v) is 1.59. The number of nitro groups is 1. The van der Waals surface area contributed by atoms with Crippen molar-refractivity contribution in [1.29, 1.82) is 0 Å². The van der Waals surface area contributed by atoms with E-state index in [0.29, 0.717) is 5.56 Å². The van der Waals surface area contributed by atoms with Gasteiger partial charge in [0.25, 0.3) is 5.69 Å². The Kier molecular flexibility index (Phi) is 5.59. The van der Waals surface area contributed by atoms with Crippen LogP contribution in [0.4, 0.5) is 5.69 Å². The lowest BCUT2D eigenvalue weighted by Gasteiger charge is -2.16. The summed E-state index contributed by atoms with van der Waals surface area (Å²) < 4.78 is 0. The molecule has 0 fully saturated rings. The number of carboxylic acids is 1. The average molecular weight is 292 g/mol. The number of carbonyl (C=O) groups excluding carboxylic acids is 1. The van der Waals surface area contributed by atoms with Gasteiger partial charge in [-0.3, -0.25) is 14.9 Å². The van der Waals surface area contributed by atoms with E-state index in [1.165, 1.54) is 36.4 Å². The van der Waals surface area contributed by atoms with Gasteiger partial charge < -0.3 is 10.4 Å². The molecule has 1 aromatic carbocycles. The van der Waals surface area contributed by atoms with Crippen LogP contribution in [-0.2, 0) is 9.59 Å². The monoisotopic (exact) mass is 292 g/mol. The summed E-state index contributed by atoms with van der Waals surface area (Å²) in [7, 11) is 0. The number of hydrogen-bond donors (Lipinski definition) is 2.